The van der Waals surface area contributed by atoms with Crippen LogP contribution in [-0.2, 0) is 0 Å². The lowest BCUT2D eigenvalue weighted by Gasteiger charge is -2.09. The number of pyridine rings is 1. The monoisotopic (exact) mass is 249 g/mol. The summed E-state index contributed by atoms with van der Waals surface area (Å²) in [5.74, 6) is -0.258. The third kappa shape index (κ3) is 3.05. The van der Waals surface area contributed by atoms with E-state index in [-0.39, 0.29) is 5.82 Å². The van der Waals surface area contributed by atoms with Crippen molar-refractivity contribution in [3.8, 4) is 0 Å². The van der Waals surface area contributed by atoms with Gasteiger partial charge in [0.1, 0.15) is 10.8 Å². The van der Waals surface area contributed by atoms with Crippen molar-refractivity contribution < 1.29 is 9.50 Å². The van der Waals surface area contributed by atoms with Crippen molar-refractivity contribution in [3.05, 3.63) is 54.0 Å². The van der Waals surface area contributed by atoms with Gasteiger partial charge in [-0.3, -0.25) is 0 Å². The molecule has 1 aromatic carbocycles. The molecule has 4 heteroatoms. The lowest BCUT2D eigenvalue weighted by atomic mass is 10.2. The lowest BCUT2D eigenvalue weighted by Crippen LogP contribution is -1.95. The number of benzene rings is 1. The van der Waals surface area contributed by atoms with Crippen molar-refractivity contribution in [2.45, 2.75) is 22.9 Å². The summed E-state index contributed by atoms with van der Waals surface area (Å²) in [6.07, 6.45) is 1.12. The van der Waals surface area contributed by atoms with E-state index in [9.17, 15) is 9.50 Å². The number of hydrogen-bond acceptors (Lipinski definition) is 3. The van der Waals surface area contributed by atoms with Gasteiger partial charge in [0, 0.05) is 16.7 Å². The van der Waals surface area contributed by atoms with E-state index in [1.165, 1.54) is 23.9 Å². The summed E-state index contributed by atoms with van der Waals surface area (Å²) in [6, 6.07) is 9.84. The Balaban J connectivity index is 2.26. The maximum Gasteiger partial charge on any atom is 0.123 e. The van der Waals surface area contributed by atoms with Crippen LogP contribution < -0.4 is 0 Å². The van der Waals surface area contributed by atoms with Gasteiger partial charge >= 0.3 is 0 Å². The first-order valence-corrected chi connectivity index (χ1v) is 6.05. The predicted octanol–water partition coefficient (Wildman–Crippen LogP) is 3.43. The standard InChI is InChI=1S/C13H12FNOS/c1-9(16)12-3-2-8-15-13(12)17-11-6-4-10(14)5-7-11/h2-9,16H,1H3/t9-/m1/s1. The second-order valence-corrected chi connectivity index (χ2v) is 4.69. The van der Waals surface area contributed by atoms with Gasteiger partial charge in [-0.2, -0.15) is 0 Å². The zero-order valence-electron chi connectivity index (χ0n) is 9.30. The third-order valence-corrected chi connectivity index (χ3v) is 3.32. The topological polar surface area (TPSA) is 33.1 Å². The van der Waals surface area contributed by atoms with E-state index in [0.717, 1.165) is 15.5 Å². The molecule has 0 spiro atoms. The molecule has 88 valence electrons. The molecule has 17 heavy (non-hydrogen) atoms. The molecule has 0 saturated carbocycles. The molecule has 0 fully saturated rings. The fourth-order valence-electron chi connectivity index (χ4n) is 1.42. The summed E-state index contributed by atoms with van der Waals surface area (Å²) in [6.45, 7) is 1.70. The van der Waals surface area contributed by atoms with Crippen LogP contribution in [0.3, 0.4) is 0 Å². The number of hydrogen-bond donors (Lipinski definition) is 1. The quantitative estimate of drug-likeness (QED) is 0.904. The fraction of sp³-hybridized carbons (Fsp3) is 0.154. The van der Waals surface area contributed by atoms with E-state index in [1.54, 1.807) is 31.3 Å². The Hall–Kier alpha value is -1.39. The maximum atomic E-state index is 12.8. The van der Waals surface area contributed by atoms with Crippen LogP contribution in [-0.4, -0.2) is 10.1 Å². The van der Waals surface area contributed by atoms with Crippen LogP contribution in [0.25, 0.3) is 0 Å². The van der Waals surface area contributed by atoms with Crippen molar-refractivity contribution >= 4 is 11.8 Å². The van der Waals surface area contributed by atoms with Gasteiger partial charge in [0.05, 0.1) is 6.10 Å². The Labute approximate surface area is 104 Å². The van der Waals surface area contributed by atoms with E-state index in [0.29, 0.717) is 0 Å². The SMILES string of the molecule is C[C@@H](O)c1cccnc1Sc1ccc(F)cc1. The van der Waals surface area contributed by atoms with E-state index in [1.807, 2.05) is 6.07 Å². The number of nitrogens with zero attached hydrogens (tertiary/aromatic N) is 1. The molecule has 0 unspecified atom stereocenters. The number of rotatable bonds is 3. The summed E-state index contributed by atoms with van der Waals surface area (Å²) in [7, 11) is 0. The largest absolute Gasteiger partial charge is 0.389 e. The minimum atomic E-state index is -0.563. The normalized spacial score (nSPS) is 12.4. The molecule has 2 aromatic rings. The molecular formula is C13H12FNOS. The minimum absolute atomic E-state index is 0.258. The first-order chi connectivity index (χ1) is 8.16. The average Bonchev–Trinajstić information content (AvgIpc) is 2.32. The van der Waals surface area contributed by atoms with Crippen molar-refractivity contribution in [1.82, 2.24) is 4.98 Å². The molecule has 0 aliphatic carbocycles. The Morgan fingerprint density at radius 1 is 1.24 bits per heavy atom. The highest BCUT2D eigenvalue weighted by atomic mass is 32.2. The molecule has 0 saturated heterocycles. The minimum Gasteiger partial charge on any atom is -0.389 e. The van der Waals surface area contributed by atoms with Crippen molar-refractivity contribution in [2.24, 2.45) is 0 Å². The number of aliphatic hydroxyl groups is 1. The van der Waals surface area contributed by atoms with Gasteiger partial charge in [0.25, 0.3) is 0 Å². The maximum absolute atomic E-state index is 12.8. The predicted molar refractivity (Wildman–Crippen MR) is 65.4 cm³/mol. The van der Waals surface area contributed by atoms with Crippen LogP contribution in [0.2, 0.25) is 0 Å². The molecule has 0 amide bonds. The van der Waals surface area contributed by atoms with Crippen LogP contribution in [0, 0.1) is 5.82 Å². The lowest BCUT2D eigenvalue weighted by molar-refractivity contribution is 0.195. The van der Waals surface area contributed by atoms with Crippen LogP contribution >= 0.6 is 11.8 Å². The molecule has 0 aliphatic rings. The highest BCUT2D eigenvalue weighted by Crippen LogP contribution is 2.31. The molecule has 1 N–H and O–H groups in total. The summed E-state index contributed by atoms with van der Waals surface area (Å²) < 4.78 is 12.8. The highest BCUT2D eigenvalue weighted by molar-refractivity contribution is 7.99. The first kappa shape index (κ1) is 12.1. The number of aromatic nitrogens is 1. The molecule has 2 rings (SSSR count). The number of halogens is 1. The van der Waals surface area contributed by atoms with Gasteiger partial charge in [-0.05, 0) is 37.3 Å². The van der Waals surface area contributed by atoms with Gasteiger partial charge in [-0.1, -0.05) is 17.8 Å². The smallest absolute Gasteiger partial charge is 0.123 e. The Morgan fingerprint density at radius 2 is 1.94 bits per heavy atom. The first-order valence-electron chi connectivity index (χ1n) is 5.23. The zero-order chi connectivity index (χ0) is 12.3. The van der Waals surface area contributed by atoms with E-state index in [4.69, 9.17) is 0 Å². The van der Waals surface area contributed by atoms with Gasteiger partial charge in [0.15, 0.2) is 0 Å². The molecule has 1 aromatic heterocycles. The van der Waals surface area contributed by atoms with Crippen LogP contribution in [0.4, 0.5) is 4.39 Å². The molecule has 2 nitrogen and oxygen atoms in total. The van der Waals surface area contributed by atoms with E-state index < -0.39 is 6.10 Å². The molecular weight excluding hydrogens is 237 g/mol. The second-order valence-electron chi connectivity index (χ2n) is 3.63. The molecule has 1 atom stereocenters. The van der Waals surface area contributed by atoms with Gasteiger partial charge in [-0.15, -0.1) is 0 Å². The molecule has 0 radical (unpaired) electrons. The van der Waals surface area contributed by atoms with Crippen LogP contribution in [0.5, 0.6) is 0 Å². The van der Waals surface area contributed by atoms with Gasteiger partial charge in [0.2, 0.25) is 0 Å². The highest BCUT2D eigenvalue weighted by Gasteiger charge is 2.09. The molecule has 0 bridgehead atoms. The summed E-state index contributed by atoms with van der Waals surface area (Å²) in [4.78, 5) is 5.12. The van der Waals surface area contributed by atoms with Crippen molar-refractivity contribution in [2.75, 3.05) is 0 Å². The Kier molecular flexibility index (Phi) is 3.76. The van der Waals surface area contributed by atoms with E-state index >= 15 is 0 Å². The fourth-order valence-corrected chi connectivity index (χ4v) is 2.39. The summed E-state index contributed by atoms with van der Waals surface area (Å²) in [5, 5.41) is 10.4. The Morgan fingerprint density at radius 3 is 2.59 bits per heavy atom. The summed E-state index contributed by atoms with van der Waals surface area (Å²) >= 11 is 1.41. The molecule has 0 aliphatic heterocycles. The number of aliphatic hydroxyl groups excluding tert-OH is 1. The third-order valence-electron chi connectivity index (χ3n) is 2.28. The summed E-state index contributed by atoms with van der Waals surface area (Å²) in [5.41, 5.74) is 0.779. The van der Waals surface area contributed by atoms with Gasteiger partial charge < -0.3 is 5.11 Å². The second kappa shape index (κ2) is 5.29. The van der Waals surface area contributed by atoms with Crippen molar-refractivity contribution in [3.63, 3.8) is 0 Å². The van der Waals surface area contributed by atoms with Crippen molar-refractivity contribution in [1.29, 1.82) is 0 Å². The zero-order valence-corrected chi connectivity index (χ0v) is 10.1. The van der Waals surface area contributed by atoms with Crippen LogP contribution in [0.15, 0.2) is 52.5 Å². The molecule has 1 heterocycles. The van der Waals surface area contributed by atoms with Gasteiger partial charge in [-0.25, -0.2) is 9.37 Å². The Bertz CT molecular complexity index is 499. The van der Waals surface area contributed by atoms with Crippen LogP contribution in [0.1, 0.15) is 18.6 Å². The average molecular weight is 249 g/mol. The van der Waals surface area contributed by atoms with E-state index in [2.05, 4.69) is 4.98 Å².